The first-order chi connectivity index (χ1) is 10.5. The Bertz CT molecular complexity index is 610. The number of nitrogens with one attached hydrogen (secondary N) is 1. The van der Waals surface area contributed by atoms with E-state index in [9.17, 15) is 9.18 Å². The number of halogens is 1. The van der Waals surface area contributed by atoms with Crippen molar-refractivity contribution in [1.29, 1.82) is 0 Å². The summed E-state index contributed by atoms with van der Waals surface area (Å²) in [5, 5.41) is 2.78. The third-order valence-corrected chi connectivity index (χ3v) is 4.44. The maximum Gasteiger partial charge on any atom is 0.233 e. The van der Waals surface area contributed by atoms with Crippen molar-refractivity contribution in [3.63, 3.8) is 0 Å². The molecule has 2 aromatic carbocycles. The van der Waals surface area contributed by atoms with Crippen molar-refractivity contribution in [3.8, 4) is 0 Å². The topological polar surface area (TPSA) is 29.1 Å². The van der Waals surface area contributed by atoms with Gasteiger partial charge in [-0.05, 0) is 50.1 Å². The lowest BCUT2D eigenvalue weighted by Crippen LogP contribution is -2.32. The van der Waals surface area contributed by atoms with E-state index in [0.29, 0.717) is 13.0 Å². The van der Waals surface area contributed by atoms with Gasteiger partial charge < -0.3 is 5.32 Å². The van der Waals surface area contributed by atoms with E-state index in [1.54, 1.807) is 23.9 Å². The summed E-state index contributed by atoms with van der Waals surface area (Å²) in [5.74, 6) is -0.219. The van der Waals surface area contributed by atoms with Crippen molar-refractivity contribution >= 4 is 17.7 Å². The van der Waals surface area contributed by atoms with E-state index in [1.165, 1.54) is 17.7 Å². The number of hydrogen-bond donors (Lipinski definition) is 1. The number of rotatable bonds is 6. The Hall–Kier alpha value is -1.81. The van der Waals surface area contributed by atoms with E-state index in [0.717, 1.165) is 10.5 Å². The third kappa shape index (κ3) is 5.19. The number of amides is 1. The van der Waals surface area contributed by atoms with Gasteiger partial charge in [-0.3, -0.25) is 4.79 Å². The Labute approximate surface area is 135 Å². The van der Waals surface area contributed by atoms with Gasteiger partial charge in [0.05, 0.1) is 5.25 Å². The summed E-state index contributed by atoms with van der Waals surface area (Å²) < 4.78 is 12.8. The minimum atomic E-state index is -0.240. The largest absolute Gasteiger partial charge is 0.355 e. The lowest BCUT2D eigenvalue weighted by molar-refractivity contribution is -0.120. The van der Waals surface area contributed by atoms with Gasteiger partial charge in [-0.25, -0.2) is 4.39 Å². The van der Waals surface area contributed by atoms with E-state index < -0.39 is 0 Å². The number of aryl methyl sites for hydroxylation is 1. The summed E-state index contributed by atoms with van der Waals surface area (Å²) in [5.41, 5.74) is 2.22. The summed E-state index contributed by atoms with van der Waals surface area (Å²) in [6.45, 7) is 4.50. The summed E-state index contributed by atoms with van der Waals surface area (Å²) >= 11 is 1.55. The molecule has 0 saturated carbocycles. The van der Waals surface area contributed by atoms with Crippen LogP contribution in [0.25, 0.3) is 0 Å². The van der Waals surface area contributed by atoms with Gasteiger partial charge in [0.25, 0.3) is 0 Å². The Morgan fingerprint density at radius 2 is 1.77 bits per heavy atom. The molecule has 1 atom stereocenters. The summed E-state index contributed by atoms with van der Waals surface area (Å²) in [4.78, 5) is 13.2. The summed E-state index contributed by atoms with van der Waals surface area (Å²) in [6.07, 6.45) is 0.702. The molecule has 0 radical (unpaired) electrons. The van der Waals surface area contributed by atoms with Crippen LogP contribution in [0.1, 0.15) is 18.1 Å². The van der Waals surface area contributed by atoms with E-state index in [2.05, 4.69) is 5.32 Å². The molecule has 1 N–H and O–H groups in total. The molecule has 0 spiro atoms. The van der Waals surface area contributed by atoms with Crippen LogP contribution in [0.2, 0.25) is 0 Å². The van der Waals surface area contributed by atoms with E-state index >= 15 is 0 Å². The smallest absolute Gasteiger partial charge is 0.233 e. The zero-order chi connectivity index (χ0) is 15.9. The van der Waals surface area contributed by atoms with Gasteiger partial charge in [-0.15, -0.1) is 11.8 Å². The molecule has 0 fully saturated rings. The highest BCUT2D eigenvalue weighted by molar-refractivity contribution is 8.00. The molecule has 0 aromatic heterocycles. The maximum atomic E-state index is 12.8. The minimum absolute atomic E-state index is 0.0210. The molecule has 22 heavy (non-hydrogen) atoms. The van der Waals surface area contributed by atoms with Gasteiger partial charge in [0.2, 0.25) is 5.91 Å². The molecular weight excluding hydrogens is 297 g/mol. The zero-order valence-corrected chi connectivity index (χ0v) is 13.6. The Morgan fingerprint density at radius 3 is 2.41 bits per heavy atom. The van der Waals surface area contributed by atoms with Crippen molar-refractivity contribution < 1.29 is 9.18 Å². The highest BCUT2D eigenvalue weighted by Crippen LogP contribution is 2.23. The van der Waals surface area contributed by atoms with Gasteiger partial charge in [-0.1, -0.05) is 29.8 Å². The molecule has 116 valence electrons. The fourth-order valence-corrected chi connectivity index (χ4v) is 2.89. The standard InChI is InChI=1S/C18H20FNOS/c1-13-3-9-17(10-4-13)22-14(2)18(21)20-12-11-15-5-7-16(19)8-6-15/h3-10,14H,11-12H2,1-2H3,(H,20,21). The van der Waals surface area contributed by atoms with E-state index in [1.807, 2.05) is 38.1 Å². The Balaban J connectivity index is 1.76. The molecule has 2 aromatic rings. The van der Waals surface area contributed by atoms with Crippen molar-refractivity contribution in [1.82, 2.24) is 5.32 Å². The normalized spacial score (nSPS) is 12.0. The third-order valence-electron chi connectivity index (χ3n) is 3.33. The molecule has 2 nitrogen and oxygen atoms in total. The van der Waals surface area contributed by atoms with Crippen molar-refractivity contribution in [2.75, 3.05) is 6.54 Å². The first-order valence-electron chi connectivity index (χ1n) is 7.30. The van der Waals surface area contributed by atoms with Gasteiger partial charge in [0.1, 0.15) is 5.82 Å². The fraction of sp³-hybridized carbons (Fsp3) is 0.278. The fourth-order valence-electron chi connectivity index (χ4n) is 2.00. The molecular formula is C18H20FNOS. The van der Waals surface area contributed by atoms with E-state index in [4.69, 9.17) is 0 Å². The number of benzene rings is 2. The molecule has 1 amide bonds. The highest BCUT2D eigenvalue weighted by Gasteiger charge is 2.13. The van der Waals surface area contributed by atoms with Gasteiger partial charge in [0, 0.05) is 11.4 Å². The number of carbonyl (C=O) groups is 1. The minimum Gasteiger partial charge on any atom is -0.355 e. The van der Waals surface area contributed by atoms with Crippen LogP contribution in [0.3, 0.4) is 0 Å². The van der Waals surface area contributed by atoms with Crippen molar-refractivity contribution in [2.24, 2.45) is 0 Å². The Morgan fingerprint density at radius 1 is 1.14 bits per heavy atom. The Kier molecular flexibility index (Phi) is 6.01. The van der Waals surface area contributed by atoms with Gasteiger partial charge >= 0.3 is 0 Å². The highest BCUT2D eigenvalue weighted by atomic mass is 32.2. The maximum absolute atomic E-state index is 12.8. The monoisotopic (exact) mass is 317 g/mol. The van der Waals surface area contributed by atoms with Gasteiger partial charge in [0.15, 0.2) is 0 Å². The molecule has 1 unspecified atom stereocenters. The first kappa shape index (κ1) is 16.6. The second-order valence-corrected chi connectivity index (χ2v) is 6.65. The lowest BCUT2D eigenvalue weighted by Gasteiger charge is -2.12. The molecule has 0 aliphatic rings. The number of thioether (sulfide) groups is 1. The first-order valence-corrected chi connectivity index (χ1v) is 8.18. The molecule has 0 aliphatic carbocycles. The van der Waals surface area contributed by atoms with Crippen molar-refractivity contribution in [2.45, 2.75) is 30.4 Å². The summed E-state index contributed by atoms with van der Waals surface area (Å²) in [7, 11) is 0. The number of carbonyl (C=O) groups excluding carboxylic acids is 1. The molecule has 0 saturated heterocycles. The zero-order valence-electron chi connectivity index (χ0n) is 12.8. The quantitative estimate of drug-likeness (QED) is 0.817. The summed E-state index contributed by atoms with van der Waals surface area (Å²) in [6, 6.07) is 14.5. The van der Waals surface area contributed by atoms with Crippen molar-refractivity contribution in [3.05, 3.63) is 65.5 Å². The van der Waals surface area contributed by atoms with Crippen LogP contribution >= 0.6 is 11.8 Å². The van der Waals surface area contributed by atoms with Crippen LogP contribution in [0.4, 0.5) is 4.39 Å². The predicted molar refractivity (Wildman–Crippen MR) is 89.6 cm³/mol. The molecule has 4 heteroatoms. The molecule has 0 bridgehead atoms. The second-order valence-electron chi connectivity index (χ2n) is 5.24. The second kappa shape index (κ2) is 7.99. The number of hydrogen-bond acceptors (Lipinski definition) is 2. The van der Waals surface area contributed by atoms with Crippen LogP contribution in [-0.4, -0.2) is 17.7 Å². The predicted octanol–water partition coefficient (Wildman–Crippen LogP) is 3.97. The van der Waals surface area contributed by atoms with Gasteiger partial charge in [-0.2, -0.15) is 0 Å². The molecule has 2 rings (SSSR count). The SMILES string of the molecule is Cc1ccc(SC(C)C(=O)NCCc2ccc(F)cc2)cc1. The van der Waals surface area contributed by atoms with Crippen LogP contribution < -0.4 is 5.32 Å². The lowest BCUT2D eigenvalue weighted by atomic mass is 10.1. The average molecular weight is 317 g/mol. The van der Waals surface area contributed by atoms with Crippen LogP contribution in [0.15, 0.2) is 53.4 Å². The molecule has 0 aliphatic heterocycles. The van der Waals surface area contributed by atoms with E-state index in [-0.39, 0.29) is 17.0 Å². The van der Waals surface area contributed by atoms with Crippen LogP contribution in [-0.2, 0) is 11.2 Å². The van der Waals surface area contributed by atoms with Crippen LogP contribution in [0, 0.1) is 12.7 Å². The molecule has 0 heterocycles. The van der Waals surface area contributed by atoms with Crippen LogP contribution in [0.5, 0.6) is 0 Å². The average Bonchev–Trinajstić information content (AvgIpc) is 2.51.